The number of nitrogens with one attached hydrogen (secondary N) is 2. The lowest BCUT2D eigenvalue weighted by atomic mass is 9.98. The van der Waals surface area contributed by atoms with Crippen LogP contribution in [0.1, 0.15) is 36.8 Å². The third-order valence-corrected chi connectivity index (χ3v) is 7.57. The molecule has 4 atom stereocenters. The van der Waals surface area contributed by atoms with Gasteiger partial charge in [-0.05, 0) is 65.8 Å². The Morgan fingerprint density at radius 1 is 1.23 bits per heavy atom. The van der Waals surface area contributed by atoms with Crippen LogP contribution in [-0.4, -0.2) is 88.7 Å². The van der Waals surface area contributed by atoms with Crippen molar-refractivity contribution < 1.29 is 24.2 Å². The van der Waals surface area contributed by atoms with Gasteiger partial charge in [0.25, 0.3) is 0 Å². The quantitative estimate of drug-likeness (QED) is 0.250. The van der Waals surface area contributed by atoms with Crippen LogP contribution in [0.5, 0.6) is 5.75 Å². The van der Waals surface area contributed by atoms with Crippen molar-refractivity contribution in [2.24, 2.45) is 0 Å². The summed E-state index contributed by atoms with van der Waals surface area (Å²) in [5.41, 5.74) is 3.71. The van der Waals surface area contributed by atoms with Crippen molar-refractivity contribution >= 4 is 17.4 Å². The molecule has 2 aromatic heterocycles. The molecule has 1 saturated heterocycles. The summed E-state index contributed by atoms with van der Waals surface area (Å²) < 4.78 is 16.4. The highest BCUT2D eigenvalue weighted by molar-refractivity contribution is 6.33. The summed E-state index contributed by atoms with van der Waals surface area (Å²) in [5, 5.41) is 31.4. The van der Waals surface area contributed by atoms with E-state index in [0.29, 0.717) is 52.5 Å². The lowest BCUT2D eigenvalue weighted by Gasteiger charge is -2.39. The van der Waals surface area contributed by atoms with Crippen molar-refractivity contribution in [3.63, 3.8) is 0 Å². The molecule has 12 heteroatoms. The number of likely N-dealkylation sites (N-methyl/N-ethyl adjacent to an activating group) is 1. The van der Waals surface area contributed by atoms with Crippen LogP contribution in [0.15, 0.2) is 22.7 Å². The number of halogens is 1. The van der Waals surface area contributed by atoms with Gasteiger partial charge in [-0.25, -0.2) is 9.97 Å². The van der Waals surface area contributed by atoms with Crippen molar-refractivity contribution in [3.05, 3.63) is 40.2 Å². The second-order valence-corrected chi connectivity index (χ2v) is 10.7. The van der Waals surface area contributed by atoms with E-state index in [1.807, 2.05) is 25.7 Å². The van der Waals surface area contributed by atoms with Crippen molar-refractivity contribution in [2.75, 3.05) is 39.2 Å². The Balaban J connectivity index is 1.71. The normalized spacial score (nSPS) is 19.4. The Hall–Kier alpha value is -2.80. The zero-order valence-electron chi connectivity index (χ0n) is 23.9. The van der Waals surface area contributed by atoms with Crippen LogP contribution in [0.2, 0.25) is 5.02 Å². The highest BCUT2D eigenvalue weighted by Crippen LogP contribution is 2.36. The smallest absolute Gasteiger partial charge is 0.216 e. The predicted octanol–water partition coefficient (Wildman–Crippen LogP) is 3.52. The number of hydrogen-bond acceptors (Lipinski definition) is 11. The van der Waals surface area contributed by atoms with Gasteiger partial charge < -0.3 is 34.8 Å². The molecular weight excluding hydrogens is 536 g/mol. The fraction of sp³-hybridized carbons (Fsp3) is 0.536. The van der Waals surface area contributed by atoms with Gasteiger partial charge in [-0.3, -0.25) is 4.90 Å². The lowest BCUT2D eigenvalue weighted by Crippen LogP contribution is -2.50. The first-order chi connectivity index (χ1) is 19.1. The first-order valence-electron chi connectivity index (χ1n) is 13.4. The summed E-state index contributed by atoms with van der Waals surface area (Å²) in [4.78, 5) is 11.8. The van der Waals surface area contributed by atoms with Gasteiger partial charge in [0.2, 0.25) is 6.41 Å². The zero-order valence-corrected chi connectivity index (χ0v) is 24.6. The van der Waals surface area contributed by atoms with Crippen LogP contribution in [0.3, 0.4) is 0 Å². The number of aromatic nitrogens is 3. The Morgan fingerprint density at radius 2 is 2.00 bits per heavy atom. The Labute approximate surface area is 239 Å². The third-order valence-electron chi connectivity index (χ3n) is 7.24. The van der Waals surface area contributed by atoms with Gasteiger partial charge in [0.15, 0.2) is 5.82 Å². The van der Waals surface area contributed by atoms with E-state index < -0.39 is 12.5 Å². The molecule has 4 unspecified atom stereocenters. The summed E-state index contributed by atoms with van der Waals surface area (Å²) in [6.45, 7) is 9.01. The number of piperidine rings is 1. The minimum absolute atomic E-state index is 0.103. The first-order valence-corrected chi connectivity index (χ1v) is 13.8. The molecule has 0 amide bonds. The molecule has 3 aromatic rings. The molecule has 218 valence electrons. The Bertz CT molecular complexity index is 1280. The molecule has 0 bridgehead atoms. The number of benzene rings is 1. The van der Waals surface area contributed by atoms with E-state index in [0.717, 1.165) is 29.7 Å². The molecule has 4 N–H and O–H groups in total. The van der Waals surface area contributed by atoms with Gasteiger partial charge in [0.05, 0.1) is 22.0 Å². The fourth-order valence-corrected chi connectivity index (χ4v) is 5.27. The number of aliphatic hydroxyl groups excluding tert-OH is 2. The van der Waals surface area contributed by atoms with Crippen LogP contribution in [0, 0.1) is 20.8 Å². The van der Waals surface area contributed by atoms with Gasteiger partial charge in [0.1, 0.15) is 30.0 Å². The van der Waals surface area contributed by atoms with Crippen molar-refractivity contribution in [3.8, 4) is 28.4 Å². The highest BCUT2D eigenvalue weighted by Gasteiger charge is 2.31. The lowest BCUT2D eigenvalue weighted by molar-refractivity contribution is -0.194. The maximum absolute atomic E-state index is 10.2. The number of methoxy groups -OCH3 is 1. The van der Waals surface area contributed by atoms with E-state index in [2.05, 4.69) is 22.7 Å². The molecule has 11 nitrogen and oxygen atoms in total. The van der Waals surface area contributed by atoms with Gasteiger partial charge >= 0.3 is 0 Å². The van der Waals surface area contributed by atoms with Gasteiger partial charge in [-0.2, -0.15) is 0 Å². The largest absolute Gasteiger partial charge is 0.491 e. The molecular formula is C28H39ClN6O5. The minimum Gasteiger partial charge on any atom is -0.491 e. The summed E-state index contributed by atoms with van der Waals surface area (Å²) >= 11 is 6.66. The zero-order chi connectivity index (χ0) is 29.0. The van der Waals surface area contributed by atoms with E-state index in [1.54, 1.807) is 25.2 Å². The number of hydrogen-bond donors (Lipinski definition) is 4. The summed E-state index contributed by atoms with van der Waals surface area (Å²) in [7, 11) is 3.27. The number of nitrogens with zero attached hydrogens (tertiary/aromatic N) is 4. The average molecular weight is 575 g/mol. The molecule has 1 aliphatic heterocycles. The van der Waals surface area contributed by atoms with Gasteiger partial charge in [0, 0.05) is 43.4 Å². The predicted molar refractivity (Wildman–Crippen MR) is 153 cm³/mol. The molecule has 3 heterocycles. The SMILES string of the molecule is CNCC(O)COc1ccc(Cl)c(-c2nc(NC3CCN(C(O)OC)C(C)C3)c(C)c(-c3c(C)noc3C)n2)c1. The van der Waals surface area contributed by atoms with E-state index >= 15 is 0 Å². The molecule has 40 heavy (non-hydrogen) atoms. The Morgan fingerprint density at radius 3 is 2.65 bits per heavy atom. The van der Waals surface area contributed by atoms with Crippen LogP contribution < -0.4 is 15.4 Å². The van der Waals surface area contributed by atoms with E-state index in [-0.39, 0.29) is 18.7 Å². The van der Waals surface area contributed by atoms with E-state index in [1.165, 1.54) is 7.11 Å². The summed E-state index contributed by atoms with van der Waals surface area (Å²) in [5.74, 6) is 2.32. The van der Waals surface area contributed by atoms with Gasteiger partial charge in [-0.1, -0.05) is 16.8 Å². The number of likely N-dealkylation sites (tertiary alicyclic amines) is 1. The number of rotatable bonds is 11. The fourth-order valence-electron chi connectivity index (χ4n) is 5.07. The standard InChI is InChI=1S/C28H39ClN6O5/c1-15-11-19(9-10-35(15)28(37)38-6)31-26-16(2)25(24-17(3)34-40-18(24)4)32-27(33-26)22-12-21(7-8-23(22)29)39-14-20(36)13-30-5/h7-8,12,15,19-20,28,30,36-37H,9-11,13-14H2,1-6H3,(H,31,32,33). The molecule has 0 spiro atoms. The summed E-state index contributed by atoms with van der Waals surface area (Å²) in [6.07, 6.45) is 0.00761. The monoisotopic (exact) mass is 574 g/mol. The second-order valence-electron chi connectivity index (χ2n) is 10.2. The van der Waals surface area contributed by atoms with Crippen molar-refractivity contribution in [1.82, 2.24) is 25.3 Å². The molecule has 0 saturated carbocycles. The highest BCUT2D eigenvalue weighted by atomic mass is 35.5. The first kappa shape index (κ1) is 30.2. The topological polar surface area (TPSA) is 138 Å². The van der Waals surface area contributed by atoms with Crippen molar-refractivity contribution in [2.45, 2.75) is 65.1 Å². The minimum atomic E-state index is -0.925. The average Bonchev–Trinajstić information content (AvgIpc) is 3.26. The third kappa shape index (κ3) is 6.73. The number of anilines is 1. The molecule has 1 aliphatic rings. The van der Waals surface area contributed by atoms with Crippen LogP contribution >= 0.6 is 11.6 Å². The van der Waals surface area contributed by atoms with Crippen molar-refractivity contribution in [1.29, 1.82) is 0 Å². The number of aryl methyl sites for hydroxylation is 2. The van der Waals surface area contributed by atoms with Gasteiger partial charge in [-0.15, -0.1) is 0 Å². The molecule has 0 aliphatic carbocycles. The maximum atomic E-state index is 10.2. The number of aliphatic hydroxyl groups is 2. The van der Waals surface area contributed by atoms with Crippen LogP contribution in [-0.2, 0) is 4.74 Å². The Kier molecular flexibility index (Phi) is 9.99. The summed E-state index contributed by atoms with van der Waals surface area (Å²) in [6, 6.07) is 5.50. The molecule has 1 aromatic carbocycles. The molecule has 1 fully saturated rings. The van der Waals surface area contributed by atoms with E-state index in [4.69, 9.17) is 35.6 Å². The number of ether oxygens (including phenoxy) is 2. The van der Waals surface area contributed by atoms with Crippen LogP contribution in [0.25, 0.3) is 22.6 Å². The van der Waals surface area contributed by atoms with Crippen LogP contribution in [0.4, 0.5) is 5.82 Å². The molecule has 4 rings (SSSR count). The van der Waals surface area contributed by atoms with E-state index in [9.17, 15) is 10.2 Å². The second kappa shape index (κ2) is 13.2. The molecule has 0 radical (unpaired) electrons. The maximum Gasteiger partial charge on any atom is 0.216 e.